The standard InChI is InChI=1S/C29H37NO6S/c1-4-18(12-19-8-9-20(15-31)36-19)7-10-25(33)26-22(17(2)3)13-23-27(24(26)16-32)29(35)30(28(23)34)14-21-6-5-11-37-21/h5-6,8-9,11-12,17,23-25,27,31-33H,4,7,10,13-16H2,1-3H3/b18-12+/t23-,24+,25-,27-/m1/s1. The average Bonchev–Trinajstić information content (AvgIpc) is 3.63. The number of carbonyl (C=O) groups excluding carboxylic acids is 2. The molecule has 0 radical (unpaired) electrons. The number of fused-ring (bicyclic) bond motifs is 1. The van der Waals surface area contributed by atoms with Crippen LogP contribution in [0.1, 0.15) is 62.9 Å². The van der Waals surface area contributed by atoms with Gasteiger partial charge in [0.05, 0.1) is 31.1 Å². The molecular weight excluding hydrogens is 490 g/mol. The summed E-state index contributed by atoms with van der Waals surface area (Å²) in [5.74, 6) is -0.911. The highest BCUT2D eigenvalue weighted by Gasteiger charge is 2.55. The number of rotatable bonds is 11. The molecule has 0 bridgehead atoms. The number of amides is 2. The Balaban J connectivity index is 1.56. The van der Waals surface area contributed by atoms with E-state index < -0.39 is 23.9 Å². The van der Waals surface area contributed by atoms with Gasteiger partial charge in [-0.3, -0.25) is 14.5 Å². The molecule has 0 unspecified atom stereocenters. The number of thiophene rings is 1. The SMILES string of the molecule is CC/C(=C\c1ccc(CO)o1)CC[C@@H](O)C1=C(C(C)C)C[C@H]2C(=O)N(Cc3cccs3)C(=O)[C@H]2[C@H]1CO. The molecule has 37 heavy (non-hydrogen) atoms. The number of nitrogens with zero attached hydrogens (tertiary/aromatic N) is 1. The molecule has 7 nitrogen and oxygen atoms in total. The van der Waals surface area contributed by atoms with Crippen LogP contribution >= 0.6 is 11.3 Å². The maximum Gasteiger partial charge on any atom is 0.234 e. The lowest BCUT2D eigenvalue weighted by Crippen LogP contribution is -2.39. The summed E-state index contributed by atoms with van der Waals surface area (Å²) >= 11 is 1.51. The number of aliphatic hydroxyl groups excluding tert-OH is 3. The van der Waals surface area contributed by atoms with E-state index in [9.17, 15) is 24.9 Å². The zero-order valence-corrected chi connectivity index (χ0v) is 22.5. The zero-order valence-electron chi connectivity index (χ0n) is 21.7. The van der Waals surface area contributed by atoms with E-state index in [0.717, 1.165) is 28.0 Å². The lowest BCUT2D eigenvalue weighted by molar-refractivity contribution is -0.140. The highest BCUT2D eigenvalue weighted by atomic mass is 32.1. The largest absolute Gasteiger partial charge is 0.459 e. The van der Waals surface area contributed by atoms with Gasteiger partial charge in [-0.25, -0.2) is 0 Å². The molecule has 8 heteroatoms. The van der Waals surface area contributed by atoms with Crippen LogP contribution in [0.25, 0.3) is 6.08 Å². The third kappa shape index (κ3) is 5.67. The fraction of sp³-hybridized carbons (Fsp3) is 0.517. The van der Waals surface area contributed by atoms with Gasteiger partial charge in [-0.1, -0.05) is 38.0 Å². The molecule has 200 valence electrons. The van der Waals surface area contributed by atoms with E-state index in [2.05, 4.69) is 0 Å². The van der Waals surface area contributed by atoms with Gasteiger partial charge in [-0.2, -0.15) is 0 Å². The number of aliphatic hydroxyl groups is 3. The van der Waals surface area contributed by atoms with Gasteiger partial charge in [-0.05, 0) is 66.8 Å². The van der Waals surface area contributed by atoms with Gasteiger partial charge in [-0.15, -0.1) is 11.3 Å². The van der Waals surface area contributed by atoms with E-state index >= 15 is 0 Å². The third-order valence-electron chi connectivity index (χ3n) is 7.74. The second-order valence-corrected chi connectivity index (χ2v) is 11.3. The van der Waals surface area contributed by atoms with Crippen molar-refractivity contribution in [1.29, 1.82) is 0 Å². The molecule has 2 aromatic heterocycles. The van der Waals surface area contributed by atoms with Crippen LogP contribution in [0.5, 0.6) is 0 Å². The molecule has 1 saturated heterocycles. The molecular formula is C29H37NO6S. The number of carbonyl (C=O) groups is 2. The number of allylic oxidation sites excluding steroid dienone is 2. The molecule has 1 fully saturated rings. The molecule has 4 rings (SSSR count). The Morgan fingerprint density at radius 1 is 1.22 bits per heavy atom. The second-order valence-electron chi connectivity index (χ2n) is 10.3. The van der Waals surface area contributed by atoms with Crippen molar-refractivity contribution in [2.24, 2.45) is 23.7 Å². The van der Waals surface area contributed by atoms with Gasteiger partial charge in [0, 0.05) is 10.8 Å². The molecule has 3 heterocycles. The maximum absolute atomic E-state index is 13.5. The number of likely N-dealkylation sites (tertiary alicyclic amines) is 1. The minimum absolute atomic E-state index is 0.0788. The molecule has 0 aromatic carbocycles. The summed E-state index contributed by atoms with van der Waals surface area (Å²) in [5, 5.41) is 33.1. The van der Waals surface area contributed by atoms with Crippen molar-refractivity contribution in [3.05, 3.63) is 62.8 Å². The first kappa shape index (κ1) is 27.5. The summed E-state index contributed by atoms with van der Waals surface area (Å²) in [6.07, 6.45) is 3.37. The van der Waals surface area contributed by atoms with E-state index in [0.29, 0.717) is 30.8 Å². The van der Waals surface area contributed by atoms with E-state index in [-0.39, 0.29) is 37.5 Å². The van der Waals surface area contributed by atoms with Crippen molar-refractivity contribution in [2.75, 3.05) is 6.61 Å². The van der Waals surface area contributed by atoms with Gasteiger partial charge in [0.25, 0.3) is 0 Å². The second kappa shape index (κ2) is 11.9. The maximum atomic E-state index is 13.5. The summed E-state index contributed by atoms with van der Waals surface area (Å²) in [4.78, 5) is 29.1. The molecule has 2 aliphatic rings. The number of hydrogen-bond acceptors (Lipinski definition) is 7. The highest BCUT2D eigenvalue weighted by Crippen LogP contribution is 2.48. The molecule has 1 aliphatic heterocycles. The minimum atomic E-state index is -0.829. The Morgan fingerprint density at radius 2 is 2.00 bits per heavy atom. The first-order valence-corrected chi connectivity index (χ1v) is 13.9. The summed E-state index contributed by atoms with van der Waals surface area (Å²) in [7, 11) is 0. The fourth-order valence-electron chi connectivity index (χ4n) is 5.81. The quantitative estimate of drug-likeness (QED) is 0.292. The van der Waals surface area contributed by atoms with Crippen LogP contribution in [0, 0.1) is 23.7 Å². The predicted molar refractivity (Wildman–Crippen MR) is 142 cm³/mol. The van der Waals surface area contributed by atoms with Crippen LogP contribution in [0.3, 0.4) is 0 Å². The van der Waals surface area contributed by atoms with Crippen molar-refractivity contribution in [3.8, 4) is 0 Å². The summed E-state index contributed by atoms with van der Waals surface area (Å²) in [6, 6.07) is 7.36. The Hall–Kier alpha value is -2.52. The van der Waals surface area contributed by atoms with E-state index in [1.807, 2.05) is 50.4 Å². The van der Waals surface area contributed by atoms with E-state index in [4.69, 9.17) is 4.42 Å². The van der Waals surface area contributed by atoms with E-state index in [1.54, 1.807) is 6.07 Å². The lowest BCUT2D eigenvalue weighted by atomic mass is 9.66. The first-order chi connectivity index (χ1) is 17.8. The topological polar surface area (TPSA) is 111 Å². The number of furan rings is 1. The molecule has 2 amide bonds. The molecule has 0 spiro atoms. The third-order valence-corrected chi connectivity index (χ3v) is 8.60. The van der Waals surface area contributed by atoms with Crippen LogP contribution in [0.4, 0.5) is 0 Å². The monoisotopic (exact) mass is 527 g/mol. The van der Waals surface area contributed by atoms with Crippen LogP contribution in [0.15, 0.2) is 50.8 Å². The number of hydrogen-bond donors (Lipinski definition) is 3. The fourth-order valence-corrected chi connectivity index (χ4v) is 6.50. The van der Waals surface area contributed by atoms with Crippen LogP contribution in [0.2, 0.25) is 0 Å². The van der Waals surface area contributed by atoms with E-state index in [1.165, 1.54) is 16.2 Å². The van der Waals surface area contributed by atoms with Gasteiger partial charge >= 0.3 is 0 Å². The Bertz CT molecular complexity index is 1160. The normalized spacial score (nSPS) is 23.4. The van der Waals surface area contributed by atoms with Crippen LogP contribution < -0.4 is 0 Å². The molecule has 3 N–H and O–H groups in total. The van der Waals surface area contributed by atoms with Gasteiger partial charge in [0.1, 0.15) is 18.1 Å². The van der Waals surface area contributed by atoms with Crippen molar-refractivity contribution in [3.63, 3.8) is 0 Å². The zero-order chi connectivity index (χ0) is 26.7. The lowest BCUT2D eigenvalue weighted by Gasteiger charge is -2.38. The van der Waals surface area contributed by atoms with Crippen molar-refractivity contribution >= 4 is 29.2 Å². The van der Waals surface area contributed by atoms with Crippen LogP contribution in [-0.4, -0.2) is 44.7 Å². The molecule has 0 saturated carbocycles. The summed E-state index contributed by atoms with van der Waals surface area (Å²) in [5.41, 5.74) is 2.80. The van der Waals surface area contributed by atoms with Gasteiger partial charge in [0.15, 0.2) is 0 Å². The first-order valence-electron chi connectivity index (χ1n) is 13.1. The smallest absolute Gasteiger partial charge is 0.234 e. The van der Waals surface area contributed by atoms with Gasteiger partial charge < -0.3 is 19.7 Å². The van der Waals surface area contributed by atoms with Crippen molar-refractivity contribution < 1.29 is 29.3 Å². The Morgan fingerprint density at radius 3 is 2.59 bits per heavy atom. The minimum Gasteiger partial charge on any atom is -0.459 e. The predicted octanol–water partition coefficient (Wildman–Crippen LogP) is 4.53. The van der Waals surface area contributed by atoms with Crippen molar-refractivity contribution in [1.82, 2.24) is 4.90 Å². The molecule has 2 aromatic rings. The summed E-state index contributed by atoms with van der Waals surface area (Å²) in [6.45, 7) is 5.92. The molecule has 1 aliphatic carbocycles. The Kier molecular flexibility index (Phi) is 8.85. The van der Waals surface area contributed by atoms with Gasteiger partial charge in [0.2, 0.25) is 11.8 Å². The average molecular weight is 528 g/mol. The summed E-state index contributed by atoms with van der Waals surface area (Å²) < 4.78 is 5.58. The van der Waals surface area contributed by atoms with Crippen LogP contribution in [-0.2, 0) is 22.7 Å². The molecule has 4 atom stereocenters. The number of imide groups is 1. The Labute approximate surface area is 222 Å². The van der Waals surface area contributed by atoms with Crippen molar-refractivity contribution in [2.45, 2.75) is 65.7 Å². The highest BCUT2D eigenvalue weighted by molar-refractivity contribution is 7.09.